The van der Waals surface area contributed by atoms with Gasteiger partial charge in [0.15, 0.2) is 0 Å². The Kier molecular flexibility index (Phi) is 7.17. The molecule has 5 nitrogen and oxygen atoms in total. The van der Waals surface area contributed by atoms with Crippen molar-refractivity contribution in [3.8, 4) is 0 Å². The molecule has 1 fully saturated rings. The van der Waals surface area contributed by atoms with E-state index in [1.165, 1.54) is 35.2 Å². The second-order valence-corrected chi connectivity index (χ2v) is 7.40. The van der Waals surface area contributed by atoms with Gasteiger partial charge in [-0.15, -0.1) is 0 Å². The molecule has 0 saturated carbocycles. The highest BCUT2D eigenvalue weighted by atomic mass is 19.1. The number of carbonyl (C=O) groups is 2. The average Bonchev–Trinajstić information content (AvgIpc) is 3.02. The maximum atomic E-state index is 14.7. The quantitative estimate of drug-likeness (QED) is 0.390. The van der Waals surface area contributed by atoms with Crippen LogP contribution >= 0.6 is 0 Å². The third-order valence-electron chi connectivity index (χ3n) is 5.63. The Morgan fingerprint density at radius 2 is 1.68 bits per heavy atom. The summed E-state index contributed by atoms with van der Waals surface area (Å²) in [5.74, 6) is -3.18. The Morgan fingerprint density at radius 1 is 1.03 bits per heavy atom. The molecule has 3 rings (SSSR count). The number of benzene rings is 2. The number of amides is 1. The molecule has 2 aromatic carbocycles. The minimum Gasteiger partial charge on any atom is -0.507 e. The fourth-order valence-electron chi connectivity index (χ4n) is 3.90. The number of hydrogen-bond donors (Lipinski definition) is 1. The first kappa shape index (κ1) is 22.6. The molecule has 31 heavy (non-hydrogen) atoms. The number of aliphatic hydroxyl groups is 1. The maximum Gasteiger partial charge on any atom is 0.295 e. The van der Waals surface area contributed by atoms with Gasteiger partial charge >= 0.3 is 0 Å². The Balaban J connectivity index is 2.04. The predicted molar refractivity (Wildman–Crippen MR) is 114 cm³/mol. The zero-order chi connectivity index (χ0) is 22.5. The lowest BCUT2D eigenvalue weighted by atomic mass is 9.95. The lowest BCUT2D eigenvalue weighted by molar-refractivity contribution is -0.140. The Bertz CT molecular complexity index is 985. The maximum absolute atomic E-state index is 14.7. The monoisotopic (exact) mass is 428 g/mol. The molecule has 1 saturated heterocycles. The first-order valence-electron chi connectivity index (χ1n) is 10.4. The van der Waals surface area contributed by atoms with Gasteiger partial charge < -0.3 is 14.9 Å². The van der Waals surface area contributed by atoms with Crippen molar-refractivity contribution in [2.75, 3.05) is 26.2 Å². The molecule has 0 radical (unpaired) electrons. The number of likely N-dealkylation sites (tertiary alicyclic amines) is 1. The normalized spacial score (nSPS) is 18.2. The summed E-state index contributed by atoms with van der Waals surface area (Å²) in [6, 6.07) is 9.76. The molecule has 1 aliphatic heterocycles. The first-order chi connectivity index (χ1) is 14.9. The third-order valence-corrected chi connectivity index (χ3v) is 5.63. The summed E-state index contributed by atoms with van der Waals surface area (Å²) in [7, 11) is 0. The lowest BCUT2D eigenvalue weighted by Crippen LogP contribution is -2.33. The van der Waals surface area contributed by atoms with Crippen molar-refractivity contribution in [1.82, 2.24) is 9.80 Å². The number of Topliss-reactive ketones (excluding diaryl/α,β-unsaturated/α-hetero) is 1. The van der Waals surface area contributed by atoms with E-state index in [1.54, 1.807) is 6.07 Å². The van der Waals surface area contributed by atoms with Crippen LogP contribution in [-0.2, 0) is 9.59 Å². The Hall–Kier alpha value is -3.06. The van der Waals surface area contributed by atoms with Crippen LogP contribution in [0.1, 0.15) is 37.4 Å². The van der Waals surface area contributed by atoms with E-state index in [9.17, 15) is 23.5 Å². The highest BCUT2D eigenvalue weighted by Crippen LogP contribution is 2.40. The minimum absolute atomic E-state index is 0.133. The second-order valence-electron chi connectivity index (χ2n) is 7.40. The number of rotatable bonds is 8. The number of hydrogen-bond acceptors (Lipinski definition) is 4. The molecular weight excluding hydrogens is 402 g/mol. The average molecular weight is 428 g/mol. The zero-order valence-electron chi connectivity index (χ0n) is 17.6. The minimum atomic E-state index is -1.05. The third kappa shape index (κ3) is 4.66. The van der Waals surface area contributed by atoms with E-state index in [0.717, 1.165) is 31.8 Å². The molecule has 1 heterocycles. The lowest BCUT2D eigenvalue weighted by Gasteiger charge is -2.27. The largest absolute Gasteiger partial charge is 0.507 e. The van der Waals surface area contributed by atoms with Gasteiger partial charge in [0.25, 0.3) is 11.7 Å². The Labute approximate surface area is 180 Å². The molecule has 0 bridgehead atoms. The molecule has 1 unspecified atom stereocenters. The van der Waals surface area contributed by atoms with Crippen molar-refractivity contribution in [3.05, 3.63) is 76.9 Å². The molecule has 7 heteroatoms. The fourth-order valence-corrected chi connectivity index (χ4v) is 3.90. The predicted octanol–water partition coefficient (Wildman–Crippen LogP) is 4.12. The van der Waals surface area contributed by atoms with Crippen LogP contribution < -0.4 is 0 Å². The van der Waals surface area contributed by atoms with Crippen molar-refractivity contribution in [1.29, 1.82) is 0 Å². The number of nitrogens with zero attached hydrogens (tertiary/aromatic N) is 2. The molecule has 1 aliphatic rings. The standard InChI is InChI=1S/C24H26F2N2O3/c1-3-27(4-2)14-7-15-28-21(18-8-5-6-9-19(18)26)20(23(30)24(28)31)22(29)16-10-12-17(25)13-11-16/h5-6,8-13,21,29H,3-4,7,14-15H2,1-2H3/b22-20+. The van der Waals surface area contributed by atoms with E-state index < -0.39 is 35.1 Å². The number of ketones is 1. The van der Waals surface area contributed by atoms with E-state index >= 15 is 0 Å². The van der Waals surface area contributed by atoms with Gasteiger partial charge in [-0.1, -0.05) is 32.0 Å². The van der Waals surface area contributed by atoms with Crippen LogP contribution in [0.5, 0.6) is 0 Å². The summed E-state index contributed by atoms with van der Waals surface area (Å²) < 4.78 is 28.0. The smallest absolute Gasteiger partial charge is 0.295 e. The summed E-state index contributed by atoms with van der Waals surface area (Å²) in [4.78, 5) is 29.2. The molecule has 1 atom stereocenters. The van der Waals surface area contributed by atoms with Gasteiger partial charge in [-0.25, -0.2) is 8.78 Å². The number of aliphatic hydroxyl groups excluding tert-OH is 1. The zero-order valence-corrected chi connectivity index (χ0v) is 17.6. The van der Waals surface area contributed by atoms with E-state index in [-0.39, 0.29) is 23.2 Å². The molecule has 0 aliphatic carbocycles. The SMILES string of the molecule is CCN(CC)CCCN1C(=O)C(=O)/C(=C(/O)c2ccc(F)cc2)C1c1ccccc1F. The summed E-state index contributed by atoms with van der Waals surface area (Å²) in [5.41, 5.74) is 0.127. The summed E-state index contributed by atoms with van der Waals surface area (Å²) in [6.07, 6.45) is 0.593. The van der Waals surface area contributed by atoms with E-state index in [0.29, 0.717) is 6.42 Å². The van der Waals surface area contributed by atoms with Crippen LogP contribution in [0.15, 0.2) is 54.1 Å². The van der Waals surface area contributed by atoms with Gasteiger partial charge in [0.1, 0.15) is 17.4 Å². The van der Waals surface area contributed by atoms with Crippen LogP contribution in [0.2, 0.25) is 0 Å². The Morgan fingerprint density at radius 3 is 2.29 bits per heavy atom. The van der Waals surface area contributed by atoms with Crippen LogP contribution in [0, 0.1) is 11.6 Å². The molecule has 2 aromatic rings. The number of carbonyl (C=O) groups excluding carboxylic acids is 2. The van der Waals surface area contributed by atoms with Crippen LogP contribution in [0.25, 0.3) is 5.76 Å². The molecule has 1 amide bonds. The molecule has 0 aromatic heterocycles. The topological polar surface area (TPSA) is 60.9 Å². The molecule has 164 valence electrons. The second kappa shape index (κ2) is 9.83. The van der Waals surface area contributed by atoms with E-state index in [4.69, 9.17) is 0 Å². The van der Waals surface area contributed by atoms with Gasteiger partial charge in [-0.05, 0) is 56.4 Å². The van der Waals surface area contributed by atoms with Gasteiger partial charge in [-0.3, -0.25) is 9.59 Å². The highest BCUT2D eigenvalue weighted by Gasteiger charge is 2.46. The van der Waals surface area contributed by atoms with Crippen molar-refractivity contribution in [2.45, 2.75) is 26.3 Å². The first-order valence-corrected chi connectivity index (χ1v) is 10.4. The molecule has 1 N–H and O–H groups in total. The van der Waals surface area contributed by atoms with Crippen LogP contribution in [-0.4, -0.2) is 52.8 Å². The number of halogens is 2. The van der Waals surface area contributed by atoms with Crippen molar-refractivity contribution >= 4 is 17.4 Å². The van der Waals surface area contributed by atoms with Gasteiger partial charge in [0.05, 0.1) is 11.6 Å². The summed E-state index contributed by atoms with van der Waals surface area (Å²) >= 11 is 0. The van der Waals surface area contributed by atoms with Crippen LogP contribution in [0.4, 0.5) is 8.78 Å². The molecule has 0 spiro atoms. The van der Waals surface area contributed by atoms with Gasteiger partial charge in [-0.2, -0.15) is 0 Å². The summed E-state index contributed by atoms with van der Waals surface area (Å²) in [5, 5.41) is 10.9. The van der Waals surface area contributed by atoms with Crippen molar-refractivity contribution in [3.63, 3.8) is 0 Å². The van der Waals surface area contributed by atoms with Gasteiger partial charge in [0, 0.05) is 17.7 Å². The van der Waals surface area contributed by atoms with Crippen LogP contribution in [0.3, 0.4) is 0 Å². The molecular formula is C24H26F2N2O3. The summed E-state index contributed by atoms with van der Waals surface area (Å²) in [6.45, 7) is 6.75. The van der Waals surface area contributed by atoms with Crippen molar-refractivity contribution in [2.24, 2.45) is 0 Å². The highest BCUT2D eigenvalue weighted by molar-refractivity contribution is 6.46. The van der Waals surface area contributed by atoms with E-state index in [1.807, 2.05) is 13.8 Å². The van der Waals surface area contributed by atoms with Crippen molar-refractivity contribution < 1.29 is 23.5 Å². The van der Waals surface area contributed by atoms with Gasteiger partial charge in [0.2, 0.25) is 0 Å². The van der Waals surface area contributed by atoms with E-state index in [2.05, 4.69) is 4.90 Å². The fraction of sp³-hybridized carbons (Fsp3) is 0.333.